The van der Waals surface area contributed by atoms with E-state index in [0.29, 0.717) is 38.3 Å². The van der Waals surface area contributed by atoms with Gasteiger partial charge in [-0.05, 0) is 62.2 Å². The van der Waals surface area contributed by atoms with Crippen LogP contribution in [0.1, 0.15) is 42.5 Å². The van der Waals surface area contributed by atoms with E-state index < -0.39 is 29.7 Å². The first-order valence-corrected chi connectivity index (χ1v) is 9.67. The Morgan fingerprint density at radius 1 is 1.14 bits per heavy atom. The molecular weight excluding hydrogens is 383 g/mol. The smallest absolute Gasteiger partial charge is 0.416 e. The third-order valence-corrected chi connectivity index (χ3v) is 5.31. The molecular formula is C22H24F3NO3. The Balaban J connectivity index is 2.00. The van der Waals surface area contributed by atoms with E-state index in [-0.39, 0.29) is 5.56 Å². The van der Waals surface area contributed by atoms with E-state index in [1.165, 1.54) is 12.1 Å². The highest BCUT2D eigenvalue weighted by atomic mass is 19.4. The summed E-state index contributed by atoms with van der Waals surface area (Å²) < 4.78 is 46.6. The second kappa shape index (κ2) is 8.86. The third-order valence-electron chi connectivity index (χ3n) is 5.31. The van der Waals surface area contributed by atoms with E-state index >= 15 is 0 Å². The van der Waals surface area contributed by atoms with Crippen molar-refractivity contribution in [3.05, 3.63) is 65.2 Å². The van der Waals surface area contributed by atoms with Gasteiger partial charge in [-0.25, -0.2) is 0 Å². The van der Waals surface area contributed by atoms with Crippen LogP contribution in [-0.4, -0.2) is 35.7 Å². The molecule has 2 aromatic rings. The van der Waals surface area contributed by atoms with Crippen molar-refractivity contribution >= 4 is 5.97 Å². The predicted molar refractivity (Wildman–Crippen MR) is 103 cm³/mol. The molecule has 4 nitrogen and oxygen atoms in total. The van der Waals surface area contributed by atoms with Gasteiger partial charge in [-0.2, -0.15) is 13.2 Å². The number of likely N-dealkylation sites (tertiary alicyclic amines) is 1. The monoisotopic (exact) mass is 407 g/mol. The van der Waals surface area contributed by atoms with Gasteiger partial charge in [-0.15, -0.1) is 0 Å². The van der Waals surface area contributed by atoms with Gasteiger partial charge in [0.1, 0.15) is 5.75 Å². The highest BCUT2D eigenvalue weighted by Crippen LogP contribution is 2.40. The summed E-state index contributed by atoms with van der Waals surface area (Å²) in [6.07, 6.45) is -3.65. The van der Waals surface area contributed by atoms with Crippen LogP contribution in [0.4, 0.5) is 13.2 Å². The molecule has 0 spiro atoms. The minimum absolute atomic E-state index is 0.179. The van der Waals surface area contributed by atoms with Crippen LogP contribution in [0.15, 0.2) is 48.5 Å². The summed E-state index contributed by atoms with van der Waals surface area (Å²) in [5, 5.41) is 9.25. The highest BCUT2D eigenvalue weighted by molar-refractivity contribution is 5.70. The third kappa shape index (κ3) is 4.90. The summed E-state index contributed by atoms with van der Waals surface area (Å²) in [6, 6.07) is 12.1. The number of carbonyl (C=O) groups is 1. The maximum atomic E-state index is 13.7. The Hall–Kier alpha value is -2.54. The maximum absolute atomic E-state index is 13.7. The van der Waals surface area contributed by atoms with Gasteiger partial charge in [-0.1, -0.05) is 30.3 Å². The van der Waals surface area contributed by atoms with Crippen LogP contribution in [0.5, 0.6) is 5.75 Å². The first kappa shape index (κ1) is 21.2. The Labute approximate surface area is 167 Å². The topological polar surface area (TPSA) is 49.8 Å². The summed E-state index contributed by atoms with van der Waals surface area (Å²) in [7, 11) is 0. The second-order valence-corrected chi connectivity index (χ2v) is 7.14. The van der Waals surface area contributed by atoms with Crippen LogP contribution in [0.25, 0.3) is 0 Å². The average molecular weight is 407 g/mol. The molecule has 1 unspecified atom stereocenters. The molecule has 0 aliphatic carbocycles. The van der Waals surface area contributed by atoms with Gasteiger partial charge >= 0.3 is 12.1 Å². The molecule has 1 fully saturated rings. The minimum atomic E-state index is -4.47. The molecule has 1 heterocycles. The van der Waals surface area contributed by atoms with Crippen molar-refractivity contribution in [2.75, 3.05) is 19.7 Å². The van der Waals surface area contributed by atoms with Gasteiger partial charge < -0.3 is 9.84 Å². The predicted octanol–water partition coefficient (Wildman–Crippen LogP) is 4.99. The first-order chi connectivity index (χ1) is 13.8. The molecule has 29 heavy (non-hydrogen) atoms. The van der Waals surface area contributed by atoms with Gasteiger partial charge in [0, 0.05) is 0 Å². The molecule has 0 aromatic heterocycles. The number of alkyl halides is 3. The molecule has 1 saturated heterocycles. The number of carboxylic acid groups (broad SMARTS) is 1. The van der Waals surface area contributed by atoms with E-state index in [1.807, 2.05) is 11.8 Å². The van der Waals surface area contributed by atoms with Gasteiger partial charge in [0.25, 0.3) is 0 Å². The molecule has 3 rings (SSSR count). The van der Waals surface area contributed by atoms with Crippen molar-refractivity contribution in [2.24, 2.45) is 5.92 Å². The summed E-state index contributed by atoms with van der Waals surface area (Å²) in [4.78, 5) is 13.2. The van der Waals surface area contributed by atoms with Gasteiger partial charge in [0.15, 0.2) is 0 Å². The number of rotatable bonds is 6. The van der Waals surface area contributed by atoms with Gasteiger partial charge in [0.2, 0.25) is 0 Å². The lowest BCUT2D eigenvalue weighted by molar-refractivity contribution is -0.143. The van der Waals surface area contributed by atoms with E-state index in [1.54, 1.807) is 30.3 Å². The Morgan fingerprint density at radius 3 is 2.31 bits per heavy atom. The van der Waals surface area contributed by atoms with E-state index in [0.717, 1.165) is 11.6 Å². The zero-order chi connectivity index (χ0) is 21.0. The number of aliphatic carboxylic acids is 1. The Morgan fingerprint density at radius 2 is 1.76 bits per heavy atom. The van der Waals surface area contributed by atoms with Crippen molar-refractivity contribution in [3.8, 4) is 5.75 Å². The fraction of sp³-hybridized carbons (Fsp3) is 0.409. The normalized spacial score (nSPS) is 17.1. The zero-order valence-electron chi connectivity index (χ0n) is 16.2. The molecule has 0 radical (unpaired) electrons. The number of hydrogen-bond acceptors (Lipinski definition) is 3. The molecule has 2 aromatic carbocycles. The van der Waals surface area contributed by atoms with Crippen molar-refractivity contribution in [3.63, 3.8) is 0 Å². The molecule has 1 aliphatic heterocycles. The number of benzene rings is 2. The fourth-order valence-electron chi connectivity index (χ4n) is 3.90. The Kier molecular flexibility index (Phi) is 6.47. The van der Waals surface area contributed by atoms with E-state index in [9.17, 15) is 23.1 Å². The number of ether oxygens (including phenoxy) is 1. The van der Waals surface area contributed by atoms with Crippen LogP contribution >= 0.6 is 0 Å². The first-order valence-electron chi connectivity index (χ1n) is 9.67. The Bertz CT molecular complexity index is 828. The van der Waals surface area contributed by atoms with Crippen LogP contribution in [0.2, 0.25) is 0 Å². The number of halogens is 3. The van der Waals surface area contributed by atoms with Crippen molar-refractivity contribution in [1.29, 1.82) is 0 Å². The minimum Gasteiger partial charge on any atom is -0.494 e. The molecule has 0 bridgehead atoms. The quantitative estimate of drug-likeness (QED) is 0.733. The molecule has 1 aliphatic rings. The van der Waals surface area contributed by atoms with Crippen LogP contribution in [-0.2, 0) is 11.0 Å². The second-order valence-electron chi connectivity index (χ2n) is 7.14. The molecule has 0 amide bonds. The number of piperidine rings is 1. The van der Waals surface area contributed by atoms with Crippen LogP contribution < -0.4 is 4.74 Å². The summed E-state index contributed by atoms with van der Waals surface area (Å²) >= 11 is 0. The summed E-state index contributed by atoms with van der Waals surface area (Å²) in [5.74, 6) is -0.647. The number of hydrogen-bond donors (Lipinski definition) is 1. The molecule has 1 N–H and O–H groups in total. The molecule has 1 atom stereocenters. The SMILES string of the molecule is CCOc1ccc(C(c2ccccc2C(F)(F)F)N2CCC(C(=O)O)CC2)cc1. The maximum Gasteiger partial charge on any atom is 0.416 e. The number of nitrogens with zero attached hydrogens (tertiary/aromatic N) is 1. The van der Waals surface area contributed by atoms with Crippen molar-refractivity contribution in [2.45, 2.75) is 32.0 Å². The molecule has 0 saturated carbocycles. The average Bonchev–Trinajstić information content (AvgIpc) is 2.70. The standard InChI is InChI=1S/C22H24F3NO3/c1-2-29-17-9-7-15(8-10-17)20(26-13-11-16(12-14-26)21(27)28)18-5-3-4-6-19(18)22(23,24)25/h3-10,16,20H,2,11-14H2,1H3,(H,27,28). The van der Waals surface area contributed by atoms with Crippen LogP contribution in [0.3, 0.4) is 0 Å². The highest BCUT2D eigenvalue weighted by Gasteiger charge is 2.38. The lowest BCUT2D eigenvalue weighted by atomic mass is 9.89. The summed E-state index contributed by atoms with van der Waals surface area (Å²) in [5.41, 5.74) is 0.233. The molecule has 156 valence electrons. The van der Waals surface area contributed by atoms with Gasteiger partial charge in [-0.3, -0.25) is 9.69 Å². The van der Waals surface area contributed by atoms with Crippen LogP contribution in [0, 0.1) is 5.92 Å². The van der Waals surface area contributed by atoms with E-state index in [4.69, 9.17) is 4.74 Å². The lowest BCUT2D eigenvalue weighted by Crippen LogP contribution is -2.39. The van der Waals surface area contributed by atoms with Crippen molar-refractivity contribution in [1.82, 2.24) is 4.90 Å². The summed E-state index contributed by atoms with van der Waals surface area (Å²) in [6.45, 7) is 3.20. The molecule has 7 heteroatoms. The zero-order valence-corrected chi connectivity index (χ0v) is 16.2. The fourth-order valence-corrected chi connectivity index (χ4v) is 3.90. The van der Waals surface area contributed by atoms with E-state index in [2.05, 4.69) is 0 Å². The lowest BCUT2D eigenvalue weighted by Gasteiger charge is -2.38. The van der Waals surface area contributed by atoms with Gasteiger partial charge in [0.05, 0.1) is 24.1 Å². The number of carboxylic acids is 1. The largest absolute Gasteiger partial charge is 0.494 e. The van der Waals surface area contributed by atoms with Crippen molar-refractivity contribution < 1.29 is 27.8 Å².